The maximum Gasteiger partial charge on any atom is 0.119 e. The predicted octanol–water partition coefficient (Wildman–Crippen LogP) is 3.23. The lowest BCUT2D eigenvalue weighted by Crippen LogP contribution is -2.25. The van der Waals surface area contributed by atoms with Gasteiger partial charge in [0.05, 0.1) is 13.2 Å². The molecule has 0 amide bonds. The van der Waals surface area contributed by atoms with Crippen LogP contribution in [0.4, 0.5) is 0 Å². The van der Waals surface area contributed by atoms with Gasteiger partial charge in [0, 0.05) is 0 Å². The minimum absolute atomic E-state index is 0.143. The van der Waals surface area contributed by atoms with E-state index in [4.69, 9.17) is 15.2 Å². The lowest BCUT2D eigenvalue weighted by Gasteiger charge is -2.22. The van der Waals surface area contributed by atoms with Crippen molar-refractivity contribution in [2.45, 2.75) is 33.6 Å². The average Bonchev–Trinajstić information content (AvgIpc) is 2.38. The Balaban J connectivity index is 2.35. The Morgan fingerprint density at radius 3 is 1.94 bits per heavy atom. The van der Waals surface area contributed by atoms with Crippen LogP contribution in [0.25, 0.3) is 0 Å². The summed E-state index contributed by atoms with van der Waals surface area (Å²) < 4.78 is 11.2. The van der Waals surface area contributed by atoms with E-state index in [1.54, 1.807) is 0 Å². The van der Waals surface area contributed by atoms with Crippen molar-refractivity contribution in [3.05, 3.63) is 24.3 Å². The van der Waals surface area contributed by atoms with Crippen LogP contribution < -0.4 is 15.2 Å². The van der Waals surface area contributed by atoms with Gasteiger partial charge in [-0.25, -0.2) is 0 Å². The molecule has 3 nitrogen and oxygen atoms in total. The zero-order chi connectivity index (χ0) is 13.4. The average molecular weight is 251 g/mol. The topological polar surface area (TPSA) is 44.5 Å². The van der Waals surface area contributed by atoms with Crippen molar-refractivity contribution in [2.24, 2.45) is 11.1 Å². The Bertz CT molecular complexity index is 333. The standard InChI is InChI=1S/C15H25NO2/c1-4-10-17-13-5-7-14(8-6-13)18-11-9-15(2,3)12-16/h5-8H,4,9-12,16H2,1-3H3. The molecule has 0 saturated carbocycles. The van der Waals surface area contributed by atoms with Crippen LogP contribution in [0.2, 0.25) is 0 Å². The molecule has 0 aliphatic heterocycles. The molecular formula is C15H25NO2. The van der Waals surface area contributed by atoms with Crippen LogP contribution in [0.1, 0.15) is 33.6 Å². The number of hydrogen-bond donors (Lipinski definition) is 1. The van der Waals surface area contributed by atoms with Crippen molar-refractivity contribution in [1.82, 2.24) is 0 Å². The summed E-state index contributed by atoms with van der Waals surface area (Å²) in [5.74, 6) is 1.78. The van der Waals surface area contributed by atoms with E-state index >= 15 is 0 Å². The second-order valence-corrected chi connectivity index (χ2v) is 5.29. The van der Waals surface area contributed by atoms with Crippen molar-refractivity contribution in [3.63, 3.8) is 0 Å². The summed E-state index contributed by atoms with van der Waals surface area (Å²) in [6, 6.07) is 7.78. The molecule has 0 spiro atoms. The lowest BCUT2D eigenvalue weighted by atomic mass is 9.90. The first-order valence-corrected chi connectivity index (χ1v) is 6.63. The van der Waals surface area contributed by atoms with E-state index in [0.29, 0.717) is 13.2 Å². The van der Waals surface area contributed by atoms with Crippen LogP contribution in [-0.2, 0) is 0 Å². The summed E-state index contributed by atoms with van der Waals surface area (Å²) in [6.07, 6.45) is 1.98. The molecule has 0 saturated heterocycles. The molecule has 3 heteroatoms. The number of hydrogen-bond acceptors (Lipinski definition) is 3. The van der Waals surface area contributed by atoms with E-state index < -0.39 is 0 Å². The molecule has 1 rings (SSSR count). The smallest absolute Gasteiger partial charge is 0.119 e. The Labute approximate surface area is 110 Å². The van der Waals surface area contributed by atoms with Crippen molar-refractivity contribution in [3.8, 4) is 11.5 Å². The highest BCUT2D eigenvalue weighted by atomic mass is 16.5. The first-order chi connectivity index (χ1) is 8.57. The van der Waals surface area contributed by atoms with Gasteiger partial charge in [-0.05, 0) is 49.1 Å². The van der Waals surface area contributed by atoms with E-state index in [1.165, 1.54) is 0 Å². The molecular weight excluding hydrogens is 226 g/mol. The first kappa shape index (κ1) is 14.8. The highest BCUT2D eigenvalue weighted by molar-refractivity contribution is 5.31. The molecule has 2 N–H and O–H groups in total. The van der Waals surface area contributed by atoms with Crippen LogP contribution in [0.5, 0.6) is 11.5 Å². The van der Waals surface area contributed by atoms with Gasteiger partial charge in [0.25, 0.3) is 0 Å². The monoisotopic (exact) mass is 251 g/mol. The van der Waals surface area contributed by atoms with E-state index in [0.717, 1.165) is 30.9 Å². The van der Waals surface area contributed by atoms with Gasteiger partial charge in [-0.15, -0.1) is 0 Å². The maximum absolute atomic E-state index is 5.69. The van der Waals surface area contributed by atoms with Crippen LogP contribution in [0.3, 0.4) is 0 Å². The van der Waals surface area contributed by atoms with Crippen molar-refractivity contribution in [2.75, 3.05) is 19.8 Å². The molecule has 1 aromatic rings. The zero-order valence-corrected chi connectivity index (χ0v) is 11.7. The predicted molar refractivity (Wildman–Crippen MR) is 75.2 cm³/mol. The van der Waals surface area contributed by atoms with E-state index in [2.05, 4.69) is 20.8 Å². The van der Waals surface area contributed by atoms with Gasteiger partial charge in [-0.1, -0.05) is 20.8 Å². The summed E-state index contributed by atoms with van der Waals surface area (Å²) in [7, 11) is 0. The molecule has 0 aliphatic carbocycles. The van der Waals surface area contributed by atoms with Crippen LogP contribution in [0, 0.1) is 5.41 Å². The Hall–Kier alpha value is -1.22. The molecule has 18 heavy (non-hydrogen) atoms. The van der Waals surface area contributed by atoms with Crippen LogP contribution in [-0.4, -0.2) is 19.8 Å². The van der Waals surface area contributed by atoms with Gasteiger partial charge in [0.2, 0.25) is 0 Å². The largest absolute Gasteiger partial charge is 0.494 e. The third-order valence-electron chi connectivity index (χ3n) is 2.90. The fourth-order valence-corrected chi connectivity index (χ4v) is 1.40. The highest BCUT2D eigenvalue weighted by Crippen LogP contribution is 2.21. The van der Waals surface area contributed by atoms with Gasteiger partial charge in [-0.2, -0.15) is 0 Å². The SMILES string of the molecule is CCCOc1ccc(OCCC(C)(C)CN)cc1. The van der Waals surface area contributed by atoms with E-state index in [9.17, 15) is 0 Å². The molecule has 0 fully saturated rings. The van der Waals surface area contributed by atoms with E-state index in [-0.39, 0.29) is 5.41 Å². The molecule has 0 unspecified atom stereocenters. The Morgan fingerprint density at radius 1 is 1.00 bits per heavy atom. The highest BCUT2D eigenvalue weighted by Gasteiger charge is 2.15. The lowest BCUT2D eigenvalue weighted by molar-refractivity contribution is 0.233. The van der Waals surface area contributed by atoms with E-state index in [1.807, 2.05) is 24.3 Å². The molecule has 0 radical (unpaired) electrons. The summed E-state index contributed by atoms with van der Waals surface area (Å²) >= 11 is 0. The summed E-state index contributed by atoms with van der Waals surface area (Å²) in [6.45, 7) is 8.52. The second kappa shape index (κ2) is 7.27. The Kier molecular flexibility index (Phi) is 5.99. The molecule has 0 bridgehead atoms. The van der Waals surface area contributed by atoms with Crippen LogP contribution in [0.15, 0.2) is 24.3 Å². The fourth-order valence-electron chi connectivity index (χ4n) is 1.40. The molecule has 102 valence electrons. The number of benzene rings is 1. The van der Waals surface area contributed by atoms with Gasteiger partial charge in [0.1, 0.15) is 11.5 Å². The molecule has 0 atom stereocenters. The number of rotatable bonds is 8. The van der Waals surface area contributed by atoms with Gasteiger partial charge >= 0.3 is 0 Å². The normalized spacial score (nSPS) is 11.3. The van der Waals surface area contributed by atoms with Crippen LogP contribution >= 0.6 is 0 Å². The van der Waals surface area contributed by atoms with Crippen molar-refractivity contribution < 1.29 is 9.47 Å². The number of nitrogens with two attached hydrogens (primary N) is 1. The van der Waals surface area contributed by atoms with Gasteiger partial charge < -0.3 is 15.2 Å². The quantitative estimate of drug-likeness (QED) is 0.771. The fraction of sp³-hybridized carbons (Fsp3) is 0.600. The minimum atomic E-state index is 0.143. The molecule has 0 aliphatic rings. The van der Waals surface area contributed by atoms with Gasteiger partial charge in [-0.3, -0.25) is 0 Å². The van der Waals surface area contributed by atoms with Gasteiger partial charge in [0.15, 0.2) is 0 Å². The van der Waals surface area contributed by atoms with Crippen molar-refractivity contribution in [1.29, 1.82) is 0 Å². The zero-order valence-electron chi connectivity index (χ0n) is 11.7. The minimum Gasteiger partial charge on any atom is -0.494 e. The van der Waals surface area contributed by atoms with Crippen molar-refractivity contribution >= 4 is 0 Å². The summed E-state index contributed by atoms with van der Waals surface area (Å²) in [4.78, 5) is 0. The summed E-state index contributed by atoms with van der Waals surface area (Å²) in [5, 5.41) is 0. The number of ether oxygens (including phenoxy) is 2. The maximum atomic E-state index is 5.69. The summed E-state index contributed by atoms with van der Waals surface area (Å²) in [5.41, 5.74) is 5.82. The molecule has 0 aromatic heterocycles. The third-order valence-corrected chi connectivity index (χ3v) is 2.90. The Morgan fingerprint density at radius 2 is 1.50 bits per heavy atom. The molecule has 0 heterocycles. The first-order valence-electron chi connectivity index (χ1n) is 6.63. The third kappa shape index (κ3) is 5.41. The second-order valence-electron chi connectivity index (χ2n) is 5.29. The molecule has 1 aromatic carbocycles.